The molecule has 0 aliphatic rings. The maximum atomic E-state index is 6.60. The van der Waals surface area contributed by atoms with Crippen LogP contribution in [0.3, 0.4) is 0 Å². The lowest BCUT2D eigenvalue weighted by Gasteiger charge is -2.10. The van der Waals surface area contributed by atoms with Crippen LogP contribution in [0.15, 0.2) is 173 Å². The average Bonchev–Trinajstić information content (AvgIpc) is 3.97. The molecule has 57 heavy (non-hydrogen) atoms. The fourth-order valence-electron chi connectivity index (χ4n) is 7.95. The number of benzene rings is 7. The van der Waals surface area contributed by atoms with Crippen molar-refractivity contribution in [3.05, 3.63) is 164 Å². The summed E-state index contributed by atoms with van der Waals surface area (Å²) in [7, 11) is 0. The fourth-order valence-corrected chi connectivity index (χ4v) is 9.10. The van der Waals surface area contributed by atoms with Gasteiger partial charge in [0.05, 0.1) is 15.9 Å². The number of nitrogens with zero attached hydrogens (tertiary/aromatic N) is 5. The lowest BCUT2D eigenvalue weighted by molar-refractivity contribution is 0.668. The van der Waals surface area contributed by atoms with E-state index in [0.717, 1.165) is 87.4 Å². The molecule has 7 nitrogen and oxygen atoms in total. The Kier molecular flexibility index (Phi) is 6.96. The van der Waals surface area contributed by atoms with Gasteiger partial charge in [0.1, 0.15) is 22.3 Å². The summed E-state index contributed by atoms with van der Waals surface area (Å²) in [6.45, 7) is 0. The molecule has 0 atom stereocenters. The lowest BCUT2D eigenvalue weighted by Crippen LogP contribution is -2.00. The summed E-state index contributed by atoms with van der Waals surface area (Å²) in [6.07, 6.45) is 0. The number of hydrogen-bond acceptors (Lipinski definition) is 8. The molecule has 0 fully saturated rings. The number of aromatic nitrogens is 5. The second kappa shape index (κ2) is 12.5. The summed E-state index contributed by atoms with van der Waals surface area (Å²) in [5.41, 5.74) is 9.31. The molecule has 7 aromatic carbocycles. The highest BCUT2D eigenvalue weighted by Gasteiger charge is 2.23. The molecule has 12 aromatic rings. The largest absolute Gasteiger partial charge is 0.456 e. The van der Waals surface area contributed by atoms with Crippen molar-refractivity contribution < 1.29 is 8.83 Å². The number of hydrogen-bond donors (Lipinski definition) is 0. The highest BCUT2D eigenvalue weighted by atomic mass is 32.1. The molecular formula is C49H27N5O2S. The number of thiophene rings is 1. The van der Waals surface area contributed by atoms with Gasteiger partial charge in [0.15, 0.2) is 23.3 Å². The van der Waals surface area contributed by atoms with Gasteiger partial charge in [-0.05, 0) is 36.4 Å². The van der Waals surface area contributed by atoms with E-state index in [2.05, 4.69) is 66.7 Å². The molecule has 0 unspecified atom stereocenters. The molecule has 12 rings (SSSR count). The van der Waals surface area contributed by atoms with Gasteiger partial charge in [-0.3, -0.25) is 0 Å². The van der Waals surface area contributed by atoms with Crippen LogP contribution >= 0.6 is 11.3 Å². The van der Waals surface area contributed by atoms with E-state index in [1.807, 2.05) is 97.1 Å². The van der Waals surface area contributed by atoms with E-state index in [9.17, 15) is 0 Å². The van der Waals surface area contributed by atoms with E-state index in [0.29, 0.717) is 28.9 Å². The van der Waals surface area contributed by atoms with Gasteiger partial charge in [-0.2, -0.15) is 0 Å². The minimum atomic E-state index is 0.525. The minimum absolute atomic E-state index is 0.525. The van der Waals surface area contributed by atoms with Crippen molar-refractivity contribution in [1.82, 2.24) is 24.9 Å². The summed E-state index contributed by atoms with van der Waals surface area (Å²) >= 11 is 1.72. The van der Waals surface area contributed by atoms with Crippen molar-refractivity contribution >= 4 is 75.5 Å². The van der Waals surface area contributed by atoms with Gasteiger partial charge in [-0.25, -0.2) is 24.9 Å². The van der Waals surface area contributed by atoms with E-state index < -0.39 is 0 Å². The van der Waals surface area contributed by atoms with Crippen LogP contribution in [0.1, 0.15) is 0 Å². The third-order valence-electron chi connectivity index (χ3n) is 10.6. The van der Waals surface area contributed by atoms with Crippen LogP contribution in [-0.2, 0) is 0 Å². The predicted molar refractivity (Wildman–Crippen MR) is 230 cm³/mol. The number of furan rings is 2. The molecule has 0 radical (unpaired) electrons. The van der Waals surface area contributed by atoms with E-state index in [1.165, 1.54) is 4.70 Å². The molecule has 0 saturated carbocycles. The maximum absolute atomic E-state index is 6.60. The predicted octanol–water partition coefficient (Wildman–Crippen LogP) is 13.2. The molecule has 5 aromatic heterocycles. The summed E-state index contributed by atoms with van der Waals surface area (Å²) in [5, 5.41) is 5.00. The zero-order chi connectivity index (χ0) is 37.5. The standard InChI is InChI=1S/C49H27N5O2S/c1-3-13-28(14-4-1)43-45-44(33-18-8-10-24-40(33)57-45)51-48(50-43)34-19-11-22-37-41(34)42-35(20-12-23-38(42)56-37)49-53-46(29-15-5-2-6-16-29)52-47(54-49)30-25-26-32-31-17-7-9-21-36(31)55-39(32)27-30/h1-27H. The number of rotatable bonds is 5. The molecule has 0 bridgehead atoms. The topological polar surface area (TPSA) is 90.7 Å². The monoisotopic (exact) mass is 749 g/mol. The fraction of sp³-hybridized carbons (Fsp3) is 0. The minimum Gasteiger partial charge on any atom is -0.456 e. The molecule has 5 heterocycles. The zero-order valence-corrected chi connectivity index (χ0v) is 30.9. The Morgan fingerprint density at radius 2 is 0.930 bits per heavy atom. The maximum Gasteiger partial charge on any atom is 0.164 e. The first-order chi connectivity index (χ1) is 28.2. The molecule has 0 aliphatic carbocycles. The molecule has 0 spiro atoms. The van der Waals surface area contributed by atoms with Crippen LogP contribution < -0.4 is 0 Å². The van der Waals surface area contributed by atoms with Crippen LogP contribution in [0.25, 0.3) is 121 Å². The van der Waals surface area contributed by atoms with E-state index in [-0.39, 0.29) is 0 Å². The zero-order valence-electron chi connectivity index (χ0n) is 30.0. The van der Waals surface area contributed by atoms with E-state index in [1.54, 1.807) is 11.3 Å². The van der Waals surface area contributed by atoms with Gasteiger partial charge >= 0.3 is 0 Å². The van der Waals surface area contributed by atoms with Crippen molar-refractivity contribution in [2.75, 3.05) is 0 Å². The molecule has 8 heteroatoms. The molecule has 266 valence electrons. The van der Waals surface area contributed by atoms with Gasteiger partial charge in [-0.1, -0.05) is 127 Å². The Hall–Kier alpha value is -7.55. The van der Waals surface area contributed by atoms with Gasteiger partial charge in [0.2, 0.25) is 0 Å². The number of fused-ring (bicyclic) bond motifs is 9. The lowest BCUT2D eigenvalue weighted by atomic mass is 10.0. The highest BCUT2D eigenvalue weighted by Crippen LogP contribution is 2.44. The van der Waals surface area contributed by atoms with Crippen molar-refractivity contribution in [2.45, 2.75) is 0 Å². The Morgan fingerprint density at radius 3 is 1.68 bits per heavy atom. The number of para-hydroxylation sites is 1. The van der Waals surface area contributed by atoms with Gasteiger partial charge in [-0.15, -0.1) is 11.3 Å². The van der Waals surface area contributed by atoms with Crippen molar-refractivity contribution in [2.24, 2.45) is 0 Å². The molecular weight excluding hydrogens is 723 g/mol. The van der Waals surface area contributed by atoms with Crippen LogP contribution in [-0.4, -0.2) is 24.9 Å². The Morgan fingerprint density at radius 1 is 0.368 bits per heavy atom. The van der Waals surface area contributed by atoms with Gasteiger partial charge in [0, 0.05) is 59.4 Å². The highest BCUT2D eigenvalue weighted by molar-refractivity contribution is 7.26. The molecule has 0 aliphatic heterocycles. The van der Waals surface area contributed by atoms with E-state index >= 15 is 0 Å². The SMILES string of the molecule is c1ccc(-c2nc(-c3ccc4c(c3)oc3ccccc34)nc(-c3cccc4oc5cccc(-c6nc(-c7ccccc7)c7sc8ccccc8c7n6)c5c34)n2)cc1. The summed E-state index contributed by atoms with van der Waals surface area (Å²) in [5.74, 6) is 2.25. The smallest absolute Gasteiger partial charge is 0.164 e. The average molecular weight is 750 g/mol. The molecule has 0 amide bonds. The third-order valence-corrected chi connectivity index (χ3v) is 11.7. The van der Waals surface area contributed by atoms with Gasteiger partial charge < -0.3 is 8.83 Å². The van der Waals surface area contributed by atoms with E-state index in [4.69, 9.17) is 33.8 Å². The Balaban J connectivity index is 1.11. The first-order valence-corrected chi connectivity index (χ1v) is 19.5. The third kappa shape index (κ3) is 5.08. The normalized spacial score (nSPS) is 11.9. The van der Waals surface area contributed by atoms with Crippen LogP contribution in [0.5, 0.6) is 0 Å². The van der Waals surface area contributed by atoms with Crippen LogP contribution in [0.4, 0.5) is 0 Å². The Bertz CT molecular complexity index is 3540. The Labute approximate surface area is 328 Å². The molecule has 0 N–H and O–H groups in total. The van der Waals surface area contributed by atoms with Crippen LogP contribution in [0.2, 0.25) is 0 Å². The first kappa shape index (κ1) is 31.8. The first-order valence-electron chi connectivity index (χ1n) is 18.7. The summed E-state index contributed by atoms with van der Waals surface area (Å²) in [6, 6.07) is 55.1. The summed E-state index contributed by atoms with van der Waals surface area (Å²) < 4.78 is 15.1. The van der Waals surface area contributed by atoms with Crippen molar-refractivity contribution in [3.8, 4) is 56.8 Å². The van der Waals surface area contributed by atoms with Crippen LogP contribution in [0, 0.1) is 0 Å². The van der Waals surface area contributed by atoms with Gasteiger partial charge in [0.25, 0.3) is 0 Å². The van der Waals surface area contributed by atoms with Crippen molar-refractivity contribution in [1.29, 1.82) is 0 Å². The second-order valence-corrected chi connectivity index (χ2v) is 15.0. The molecule has 0 saturated heterocycles. The quantitative estimate of drug-likeness (QED) is 0.173. The van der Waals surface area contributed by atoms with Crippen molar-refractivity contribution in [3.63, 3.8) is 0 Å². The second-order valence-electron chi connectivity index (χ2n) is 14.0. The summed E-state index contributed by atoms with van der Waals surface area (Å²) in [4.78, 5) is 26.0.